The third-order valence-corrected chi connectivity index (χ3v) is 11.2. The van der Waals surface area contributed by atoms with E-state index < -0.39 is 6.04 Å². The van der Waals surface area contributed by atoms with Crippen molar-refractivity contribution in [2.24, 2.45) is 46.3 Å². The molecule has 5 nitrogen and oxygen atoms in total. The van der Waals surface area contributed by atoms with Gasteiger partial charge in [-0.05, 0) is 111 Å². The van der Waals surface area contributed by atoms with Gasteiger partial charge in [0.05, 0.1) is 7.11 Å². The number of ether oxygens (including phenoxy) is 1. The summed E-state index contributed by atoms with van der Waals surface area (Å²) in [5, 5.41) is 2.92. The average molecular weight is 488 g/mol. The van der Waals surface area contributed by atoms with Crippen LogP contribution in [0.3, 0.4) is 0 Å². The summed E-state index contributed by atoms with van der Waals surface area (Å²) in [7, 11) is 1.38. The zero-order valence-corrected chi connectivity index (χ0v) is 22.9. The molecule has 4 saturated carbocycles. The normalized spacial score (nSPS) is 39.4. The number of Topliss-reactive ketones (excluding diaryl/α,β-unsaturated/α-hetero) is 1. The third kappa shape index (κ3) is 5.21. The van der Waals surface area contributed by atoms with Crippen molar-refractivity contribution in [2.45, 2.75) is 117 Å². The lowest BCUT2D eigenvalue weighted by Gasteiger charge is -2.60. The molecule has 0 aromatic rings. The highest BCUT2D eigenvalue weighted by Gasteiger charge is 2.59. The second kappa shape index (κ2) is 10.5. The Morgan fingerprint density at radius 2 is 1.77 bits per heavy atom. The summed E-state index contributed by atoms with van der Waals surface area (Å²) >= 11 is 0. The Balaban J connectivity index is 1.32. The summed E-state index contributed by atoms with van der Waals surface area (Å²) in [5.74, 6) is 4.20. The van der Waals surface area contributed by atoms with Gasteiger partial charge in [0.15, 0.2) is 0 Å². The van der Waals surface area contributed by atoms with Gasteiger partial charge < -0.3 is 10.1 Å². The van der Waals surface area contributed by atoms with Crippen molar-refractivity contribution in [2.75, 3.05) is 7.11 Å². The van der Waals surface area contributed by atoms with E-state index in [2.05, 4.69) is 33.0 Å². The fourth-order valence-corrected chi connectivity index (χ4v) is 9.23. The third-order valence-electron chi connectivity index (χ3n) is 11.2. The van der Waals surface area contributed by atoms with E-state index >= 15 is 0 Å². The van der Waals surface area contributed by atoms with E-state index in [-0.39, 0.29) is 11.9 Å². The van der Waals surface area contributed by atoms with E-state index in [9.17, 15) is 14.4 Å². The first-order valence-corrected chi connectivity index (χ1v) is 14.5. The summed E-state index contributed by atoms with van der Waals surface area (Å²) in [6, 6.07) is -0.539. The number of rotatable bonds is 8. The van der Waals surface area contributed by atoms with E-state index in [1.807, 2.05) is 0 Å². The Morgan fingerprint density at radius 1 is 1.03 bits per heavy atom. The number of esters is 1. The standard InChI is InChI=1S/C30H49NO4/c1-19(2)17-26(28(34)35-5)31-27(33)8-6-7-20-10-12-24-23-11-9-21-18-22(32)13-15-30(21,4)25(23)14-16-29(20,24)3/h19-21,23-26H,6-18H2,1-5H3,(H,31,33). The van der Waals surface area contributed by atoms with Crippen LogP contribution in [-0.2, 0) is 19.1 Å². The molecule has 0 aliphatic heterocycles. The molecule has 35 heavy (non-hydrogen) atoms. The van der Waals surface area contributed by atoms with Crippen LogP contribution in [-0.4, -0.2) is 30.8 Å². The predicted molar refractivity (Wildman–Crippen MR) is 137 cm³/mol. The molecular formula is C30H49NO4. The zero-order valence-electron chi connectivity index (χ0n) is 22.9. The van der Waals surface area contributed by atoms with Crippen LogP contribution in [0.25, 0.3) is 0 Å². The lowest BCUT2D eigenvalue weighted by atomic mass is 9.44. The SMILES string of the molecule is COC(=O)C(CC(C)C)NC(=O)CCCC1CCC2C3CCC4CC(=O)CCC4(C)C3CCC12C. The van der Waals surface area contributed by atoms with Gasteiger partial charge in [0.2, 0.25) is 5.91 Å². The fourth-order valence-electron chi connectivity index (χ4n) is 9.23. The van der Waals surface area contributed by atoms with Gasteiger partial charge >= 0.3 is 5.97 Å². The molecular weight excluding hydrogens is 438 g/mol. The summed E-state index contributed by atoms with van der Waals surface area (Å²) in [6.07, 6.45) is 13.7. The maximum absolute atomic E-state index is 12.6. The summed E-state index contributed by atoms with van der Waals surface area (Å²) in [4.78, 5) is 36.8. The number of ketones is 1. The van der Waals surface area contributed by atoms with E-state index in [4.69, 9.17) is 4.74 Å². The lowest BCUT2D eigenvalue weighted by Crippen LogP contribution is -2.53. The van der Waals surface area contributed by atoms with Gasteiger partial charge in [0.25, 0.3) is 0 Å². The number of nitrogens with one attached hydrogen (secondary N) is 1. The molecule has 0 spiro atoms. The molecule has 1 N–H and O–H groups in total. The molecule has 1 amide bonds. The summed E-state index contributed by atoms with van der Waals surface area (Å²) in [6.45, 7) is 9.18. The number of fused-ring (bicyclic) bond motifs is 5. The van der Waals surface area contributed by atoms with Crippen LogP contribution < -0.4 is 5.32 Å². The van der Waals surface area contributed by atoms with Crippen LogP contribution in [0.15, 0.2) is 0 Å². The van der Waals surface area contributed by atoms with Crippen molar-refractivity contribution < 1.29 is 19.1 Å². The van der Waals surface area contributed by atoms with Crippen molar-refractivity contribution in [1.82, 2.24) is 5.32 Å². The largest absolute Gasteiger partial charge is 0.467 e. The topological polar surface area (TPSA) is 72.5 Å². The number of methoxy groups -OCH3 is 1. The van der Waals surface area contributed by atoms with Crippen LogP contribution >= 0.6 is 0 Å². The monoisotopic (exact) mass is 487 g/mol. The Bertz CT molecular complexity index is 808. The molecule has 0 bridgehead atoms. The molecule has 0 aromatic heterocycles. The molecule has 0 radical (unpaired) electrons. The first-order chi connectivity index (χ1) is 16.6. The second-order valence-corrected chi connectivity index (χ2v) is 13.4. The van der Waals surface area contributed by atoms with E-state index in [1.165, 1.54) is 45.6 Å². The zero-order chi connectivity index (χ0) is 25.4. The fraction of sp³-hybridized carbons (Fsp3) is 0.900. The molecule has 4 fully saturated rings. The van der Waals surface area contributed by atoms with Gasteiger partial charge in [-0.15, -0.1) is 0 Å². The Labute approximate surface area is 212 Å². The molecule has 5 heteroatoms. The van der Waals surface area contributed by atoms with Gasteiger partial charge in [-0.2, -0.15) is 0 Å². The number of carbonyl (C=O) groups is 3. The first-order valence-electron chi connectivity index (χ1n) is 14.5. The maximum Gasteiger partial charge on any atom is 0.328 e. The van der Waals surface area contributed by atoms with E-state index in [0.717, 1.165) is 49.9 Å². The van der Waals surface area contributed by atoms with Crippen LogP contribution in [0, 0.1) is 46.3 Å². The number of hydrogen-bond donors (Lipinski definition) is 1. The maximum atomic E-state index is 12.6. The lowest BCUT2D eigenvalue weighted by molar-refractivity contribution is -0.145. The molecule has 4 aliphatic rings. The Morgan fingerprint density at radius 3 is 2.49 bits per heavy atom. The van der Waals surface area contributed by atoms with Gasteiger partial charge in [0.1, 0.15) is 11.8 Å². The molecule has 8 unspecified atom stereocenters. The number of hydrogen-bond acceptors (Lipinski definition) is 4. The Hall–Kier alpha value is -1.39. The van der Waals surface area contributed by atoms with Crippen LogP contribution in [0.2, 0.25) is 0 Å². The van der Waals surface area contributed by atoms with Crippen LogP contribution in [0.4, 0.5) is 0 Å². The van der Waals surface area contributed by atoms with Crippen molar-refractivity contribution in [1.29, 1.82) is 0 Å². The highest BCUT2D eigenvalue weighted by atomic mass is 16.5. The first kappa shape index (κ1) is 26.7. The molecule has 198 valence electrons. The summed E-state index contributed by atoms with van der Waals surface area (Å²) in [5.41, 5.74) is 0.776. The van der Waals surface area contributed by atoms with Crippen LogP contribution in [0.1, 0.15) is 111 Å². The summed E-state index contributed by atoms with van der Waals surface area (Å²) < 4.78 is 4.89. The highest BCUT2D eigenvalue weighted by molar-refractivity contribution is 5.84. The molecule has 0 saturated heterocycles. The van der Waals surface area contributed by atoms with Gasteiger partial charge in [-0.25, -0.2) is 4.79 Å². The second-order valence-electron chi connectivity index (χ2n) is 13.4. The average Bonchev–Trinajstić information content (AvgIpc) is 3.14. The van der Waals surface area contributed by atoms with Gasteiger partial charge in [0, 0.05) is 19.3 Å². The predicted octanol–water partition coefficient (Wildman–Crippen LogP) is 6.09. The van der Waals surface area contributed by atoms with E-state index in [1.54, 1.807) is 0 Å². The van der Waals surface area contributed by atoms with Crippen molar-refractivity contribution in [3.8, 4) is 0 Å². The van der Waals surface area contributed by atoms with Crippen molar-refractivity contribution in [3.63, 3.8) is 0 Å². The number of carbonyl (C=O) groups excluding carboxylic acids is 3. The number of amides is 1. The molecule has 0 heterocycles. The van der Waals surface area contributed by atoms with Crippen LogP contribution in [0.5, 0.6) is 0 Å². The Kier molecular flexibility index (Phi) is 8.03. The van der Waals surface area contributed by atoms with Gasteiger partial charge in [-0.3, -0.25) is 9.59 Å². The van der Waals surface area contributed by atoms with E-state index in [0.29, 0.717) is 47.2 Å². The van der Waals surface area contributed by atoms with Gasteiger partial charge in [-0.1, -0.05) is 27.7 Å². The van der Waals surface area contributed by atoms with Crippen molar-refractivity contribution in [3.05, 3.63) is 0 Å². The minimum absolute atomic E-state index is 0.0254. The smallest absolute Gasteiger partial charge is 0.328 e. The molecule has 8 atom stereocenters. The highest BCUT2D eigenvalue weighted by Crippen LogP contribution is 2.67. The molecule has 4 rings (SSSR count). The molecule has 4 aliphatic carbocycles. The molecule has 0 aromatic carbocycles. The quantitative estimate of drug-likeness (QED) is 0.421. The minimum atomic E-state index is -0.539. The van der Waals surface area contributed by atoms with Crippen molar-refractivity contribution >= 4 is 17.7 Å². The minimum Gasteiger partial charge on any atom is -0.467 e.